The number of fused-ring (bicyclic) bond motifs is 4. The smallest absolute Gasteiger partial charge is 0.240 e. The molecule has 1 aromatic carbocycles. The van der Waals surface area contributed by atoms with Crippen LogP contribution in [-0.2, 0) is 29.0 Å². The molecule has 2 bridgehead atoms. The SMILES string of the molecule is COCCc1noc(CN2C[C@@H]3CC[C@H](C2)N(Cc2ccccc2)C3=O)n1. The number of aromatic nitrogens is 2. The van der Waals surface area contributed by atoms with Gasteiger partial charge >= 0.3 is 0 Å². The van der Waals surface area contributed by atoms with E-state index in [0.29, 0.717) is 37.8 Å². The molecule has 0 aliphatic carbocycles. The summed E-state index contributed by atoms with van der Waals surface area (Å²) in [6.45, 7) is 3.48. The number of nitrogens with zero attached hydrogens (tertiary/aromatic N) is 4. The van der Waals surface area contributed by atoms with Crippen molar-refractivity contribution in [2.24, 2.45) is 5.92 Å². The molecule has 0 unspecified atom stereocenters. The van der Waals surface area contributed by atoms with Gasteiger partial charge in [-0.1, -0.05) is 35.5 Å². The van der Waals surface area contributed by atoms with E-state index in [2.05, 4.69) is 32.1 Å². The molecule has 4 heterocycles. The quantitative estimate of drug-likeness (QED) is 0.741. The molecule has 7 heteroatoms. The third-order valence-corrected chi connectivity index (χ3v) is 5.46. The minimum Gasteiger partial charge on any atom is -0.384 e. The number of hydrogen-bond acceptors (Lipinski definition) is 6. The van der Waals surface area contributed by atoms with E-state index in [0.717, 1.165) is 25.9 Å². The van der Waals surface area contributed by atoms with Crippen LogP contribution < -0.4 is 0 Å². The number of hydrogen-bond donors (Lipinski definition) is 0. The first-order valence-corrected chi connectivity index (χ1v) is 9.60. The Morgan fingerprint density at radius 3 is 2.85 bits per heavy atom. The second-order valence-electron chi connectivity index (χ2n) is 7.42. The van der Waals surface area contributed by atoms with Crippen LogP contribution in [0.1, 0.15) is 30.1 Å². The van der Waals surface area contributed by atoms with Crippen molar-refractivity contribution in [3.05, 3.63) is 47.6 Å². The molecular formula is C20H26N4O3. The number of piperidine rings is 1. The molecule has 3 saturated heterocycles. The van der Waals surface area contributed by atoms with Crippen LogP contribution in [0.4, 0.5) is 0 Å². The van der Waals surface area contributed by atoms with Crippen molar-refractivity contribution in [2.45, 2.75) is 38.4 Å². The van der Waals surface area contributed by atoms with Crippen LogP contribution in [-0.4, -0.2) is 58.7 Å². The van der Waals surface area contributed by atoms with Gasteiger partial charge in [-0.15, -0.1) is 0 Å². The molecule has 2 aromatic rings. The number of carbonyl (C=O) groups is 1. The number of benzene rings is 1. The third-order valence-electron chi connectivity index (χ3n) is 5.46. The van der Waals surface area contributed by atoms with Crippen LogP contribution in [0.5, 0.6) is 0 Å². The number of amides is 1. The Kier molecular flexibility index (Phi) is 5.50. The Labute approximate surface area is 159 Å². The van der Waals surface area contributed by atoms with E-state index >= 15 is 0 Å². The number of carbonyl (C=O) groups excluding carboxylic acids is 1. The summed E-state index contributed by atoms with van der Waals surface area (Å²) >= 11 is 0. The van der Waals surface area contributed by atoms with Crippen molar-refractivity contribution < 1.29 is 14.1 Å². The number of ether oxygens (including phenoxy) is 1. The standard InChI is InChI=1S/C20H26N4O3/c1-26-10-9-18-21-19(27-22-18)14-23-12-16-7-8-17(13-23)24(20(16)25)11-15-5-3-2-4-6-15/h2-6,16-17H,7-14H2,1H3/t16-,17+/m0/s1. The Balaban J connectivity index is 1.42. The third kappa shape index (κ3) is 4.20. The zero-order chi connectivity index (χ0) is 18.6. The highest BCUT2D eigenvalue weighted by molar-refractivity contribution is 5.80. The molecule has 3 fully saturated rings. The topological polar surface area (TPSA) is 71.7 Å². The van der Waals surface area contributed by atoms with Gasteiger partial charge in [-0.25, -0.2) is 0 Å². The second kappa shape index (κ2) is 8.19. The monoisotopic (exact) mass is 370 g/mol. The van der Waals surface area contributed by atoms with E-state index in [9.17, 15) is 4.79 Å². The van der Waals surface area contributed by atoms with Crippen LogP contribution in [0.2, 0.25) is 0 Å². The molecule has 0 radical (unpaired) electrons. The zero-order valence-corrected chi connectivity index (χ0v) is 15.7. The van der Waals surface area contributed by atoms with Crippen LogP contribution in [0.3, 0.4) is 0 Å². The lowest BCUT2D eigenvalue weighted by atomic mass is 9.93. The van der Waals surface area contributed by atoms with Gasteiger partial charge in [0.1, 0.15) is 0 Å². The summed E-state index contributed by atoms with van der Waals surface area (Å²) in [5.41, 5.74) is 1.18. The highest BCUT2D eigenvalue weighted by atomic mass is 16.5. The van der Waals surface area contributed by atoms with Gasteiger partial charge < -0.3 is 14.2 Å². The minimum absolute atomic E-state index is 0.0587. The lowest BCUT2D eigenvalue weighted by molar-refractivity contribution is -0.140. The summed E-state index contributed by atoms with van der Waals surface area (Å²) in [4.78, 5) is 21.8. The largest absolute Gasteiger partial charge is 0.384 e. The van der Waals surface area contributed by atoms with Crippen molar-refractivity contribution in [3.8, 4) is 0 Å². The summed E-state index contributed by atoms with van der Waals surface area (Å²) in [5, 5.41) is 4.01. The molecule has 0 spiro atoms. The predicted molar refractivity (Wildman–Crippen MR) is 98.7 cm³/mol. The molecule has 1 aromatic heterocycles. The normalized spacial score (nSPS) is 23.0. The van der Waals surface area contributed by atoms with Crippen LogP contribution >= 0.6 is 0 Å². The van der Waals surface area contributed by atoms with Gasteiger partial charge in [-0.2, -0.15) is 4.98 Å². The summed E-state index contributed by atoms with van der Waals surface area (Å²) < 4.78 is 10.4. The molecule has 3 aliphatic rings. The fourth-order valence-corrected chi connectivity index (χ4v) is 4.09. The van der Waals surface area contributed by atoms with Crippen LogP contribution in [0.15, 0.2) is 34.9 Å². The van der Waals surface area contributed by atoms with E-state index in [1.54, 1.807) is 7.11 Å². The highest BCUT2D eigenvalue weighted by Crippen LogP contribution is 2.31. The molecule has 0 N–H and O–H groups in total. The van der Waals surface area contributed by atoms with Gasteiger partial charge in [0.25, 0.3) is 0 Å². The first-order chi connectivity index (χ1) is 13.2. The second-order valence-corrected chi connectivity index (χ2v) is 7.42. The van der Waals surface area contributed by atoms with Gasteiger partial charge in [0.05, 0.1) is 19.1 Å². The molecule has 27 heavy (non-hydrogen) atoms. The van der Waals surface area contributed by atoms with Crippen molar-refractivity contribution in [1.29, 1.82) is 0 Å². The first kappa shape index (κ1) is 18.1. The van der Waals surface area contributed by atoms with E-state index in [1.165, 1.54) is 5.56 Å². The lowest BCUT2D eigenvalue weighted by Gasteiger charge is -2.36. The van der Waals surface area contributed by atoms with Gasteiger partial charge in [0.2, 0.25) is 11.8 Å². The molecule has 1 amide bonds. The maximum atomic E-state index is 13.0. The molecule has 3 aliphatic heterocycles. The molecule has 7 nitrogen and oxygen atoms in total. The predicted octanol–water partition coefficient (Wildman–Crippen LogP) is 1.88. The van der Waals surface area contributed by atoms with Crippen molar-refractivity contribution >= 4 is 5.91 Å². The molecular weight excluding hydrogens is 344 g/mol. The van der Waals surface area contributed by atoms with E-state index in [1.807, 2.05) is 18.2 Å². The maximum absolute atomic E-state index is 13.0. The molecule has 2 atom stereocenters. The van der Waals surface area contributed by atoms with Gasteiger partial charge in [-0.3, -0.25) is 9.69 Å². The zero-order valence-electron chi connectivity index (χ0n) is 15.7. The Morgan fingerprint density at radius 2 is 2.04 bits per heavy atom. The van der Waals surface area contributed by atoms with Crippen molar-refractivity contribution in [1.82, 2.24) is 19.9 Å². The van der Waals surface area contributed by atoms with Gasteiger partial charge in [-0.05, 0) is 18.4 Å². The summed E-state index contributed by atoms with van der Waals surface area (Å²) in [6.07, 6.45) is 2.67. The molecule has 5 rings (SSSR count). The molecule has 0 saturated carbocycles. The summed E-state index contributed by atoms with van der Waals surface area (Å²) in [5.74, 6) is 1.63. The highest BCUT2D eigenvalue weighted by Gasteiger charge is 2.40. The van der Waals surface area contributed by atoms with Gasteiger partial charge in [0.15, 0.2) is 5.82 Å². The van der Waals surface area contributed by atoms with E-state index in [4.69, 9.17) is 9.26 Å². The Bertz CT molecular complexity index is 764. The van der Waals surface area contributed by atoms with Crippen LogP contribution in [0, 0.1) is 5.92 Å². The average Bonchev–Trinajstić information content (AvgIpc) is 2.97. The van der Waals surface area contributed by atoms with E-state index < -0.39 is 0 Å². The van der Waals surface area contributed by atoms with Gasteiger partial charge in [0, 0.05) is 39.2 Å². The van der Waals surface area contributed by atoms with Crippen molar-refractivity contribution in [3.63, 3.8) is 0 Å². The summed E-state index contributed by atoms with van der Waals surface area (Å²) in [6, 6.07) is 10.5. The fourth-order valence-electron chi connectivity index (χ4n) is 4.09. The summed E-state index contributed by atoms with van der Waals surface area (Å²) in [7, 11) is 1.66. The number of rotatable bonds is 7. The Hall–Kier alpha value is -2.25. The lowest BCUT2D eigenvalue weighted by Crippen LogP contribution is -2.47. The average molecular weight is 370 g/mol. The first-order valence-electron chi connectivity index (χ1n) is 9.60. The molecule has 144 valence electrons. The van der Waals surface area contributed by atoms with E-state index in [-0.39, 0.29) is 17.9 Å². The Morgan fingerprint density at radius 1 is 1.19 bits per heavy atom. The fraction of sp³-hybridized carbons (Fsp3) is 0.550. The maximum Gasteiger partial charge on any atom is 0.240 e. The minimum atomic E-state index is 0.0587. The van der Waals surface area contributed by atoms with Crippen molar-refractivity contribution in [2.75, 3.05) is 26.8 Å². The van der Waals surface area contributed by atoms with Crippen LogP contribution in [0.25, 0.3) is 0 Å². The number of methoxy groups -OCH3 is 1.